The van der Waals surface area contributed by atoms with Gasteiger partial charge < -0.3 is 9.47 Å². The van der Waals surface area contributed by atoms with Crippen LogP contribution in [0, 0.1) is 0 Å². The molecule has 1 aromatic carbocycles. The second-order valence-electron chi connectivity index (χ2n) is 5.34. The lowest BCUT2D eigenvalue weighted by atomic mass is 10.2. The Labute approximate surface area is 118 Å². The molecule has 1 amide bonds. The van der Waals surface area contributed by atoms with E-state index in [1.807, 2.05) is 39.0 Å². The number of aliphatic imine (C=N–C) groups is 1. The van der Waals surface area contributed by atoms with Gasteiger partial charge in [0.1, 0.15) is 17.9 Å². The van der Waals surface area contributed by atoms with Crippen LogP contribution in [0.4, 0.5) is 4.79 Å². The largest absolute Gasteiger partial charge is 0.474 e. The third-order valence-corrected chi connectivity index (χ3v) is 2.38. The highest BCUT2D eigenvalue weighted by molar-refractivity contribution is 5.85. The summed E-state index contributed by atoms with van der Waals surface area (Å²) in [5.74, 6) is 0.997. The van der Waals surface area contributed by atoms with Crippen LogP contribution in [0.5, 0.6) is 5.75 Å². The SMILES string of the molecule is CC(C)(C)OC1=NC=CN(C(=O)Oc2ccccc2)C1. The number of carbonyl (C=O) groups excluding carboxylic acids is 1. The van der Waals surface area contributed by atoms with E-state index in [4.69, 9.17) is 9.47 Å². The second kappa shape index (κ2) is 5.77. The summed E-state index contributed by atoms with van der Waals surface area (Å²) >= 11 is 0. The van der Waals surface area contributed by atoms with E-state index >= 15 is 0 Å². The molecule has 0 bridgehead atoms. The third kappa shape index (κ3) is 4.12. The summed E-state index contributed by atoms with van der Waals surface area (Å²) < 4.78 is 10.9. The molecule has 0 radical (unpaired) electrons. The van der Waals surface area contributed by atoms with Crippen LogP contribution < -0.4 is 4.74 Å². The van der Waals surface area contributed by atoms with Crippen LogP contribution in [-0.2, 0) is 4.74 Å². The lowest BCUT2D eigenvalue weighted by Gasteiger charge is -2.26. The summed E-state index contributed by atoms with van der Waals surface area (Å²) in [6, 6.07) is 8.94. The maximum absolute atomic E-state index is 12.0. The molecule has 0 saturated heterocycles. The van der Waals surface area contributed by atoms with Crippen LogP contribution in [0.2, 0.25) is 0 Å². The molecule has 2 rings (SSSR count). The first-order valence-electron chi connectivity index (χ1n) is 6.40. The topological polar surface area (TPSA) is 51.1 Å². The van der Waals surface area contributed by atoms with Crippen molar-refractivity contribution in [3.05, 3.63) is 42.7 Å². The highest BCUT2D eigenvalue weighted by atomic mass is 16.6. The number of ether oxygens (including phenoxy) is 2. The van der Waals surface area contributed by atoms with Crippen molar-refractivity contribution in [3.63, 3.8) is 0 Å². The van der Waals surface area contributed by atoms with E-state index in [-0.39, 0.29) is 12.1 Å². The van der Waals surface area contributed by atoms with Gasteiger partial charge in [0, 0.05) is 12.4 Å². The average molecular weight is 274 g/mol. The lowest BCUT2D eigenvalue weighted by Crippen LogP contribution is -2.38. The van der Waals surface area contributed by atoms with Crippen LogP contribution in [0.15, 0.2) is 47.7 Å². The molecule has 0 aromatic heterocycles. The molecule has 1 aliphatic heterocycles. The Kier molecular flexibility index (Phi) is 4.08. The van der Waals surface area contributed by atoms with E-state index in [2.05, 4.69) is 4.99 Å². The number of para-hydroxylation sites is 1. The predicted molar refractivity (Wildman–Crippen MR) is 76.6 cm³/mol. The number of benzene rings is 1. The van der Waals surface area contributed by atoms with E-state index in [9.17, 15) is 4.79 Å². The minimum absolute atomic E-state index is 0.263. The highest BCUT2D eigenvalue weighted by Crippen LogP contribution is 2.14. The molecule has 0 saturated carbocycles. The van der Waals surface area contributed by atoms with Crippen LogP contribution in [0.3, 0.4) is 0 Å². The van der Waals surface area contributed by atoms with Crippen molar-refractivity contribution in [1.29, 1.82) is 0 Å². The van der Waals surface area contributed by atoms with Gasteiger partial charge >= 0.3 is 6.09 Å². The zero-order chi connectivity index (χ0) is 14.6. The van der Waals surface area contributed by atoms with Crippen molar-refractivity contribution in [2.75, 3.05) is 6.54 Å². The van der Waals surface area contributed by atoms with Crippen molar-refractivity contribution in [2.24, 2.45) is 4.99 Å². The normalized spacial score (nSPS) is 14.8. The van der Waals surface area contributed by atoms with Crippen LogP contribution >= 0.6 is 0 Å². The number of rotatable bonds is 1. The molecular weight excluding hydrogens is 256 g/mol. The maximum Gasteiger partial charge on any atom is 0.419 e. The molecule has 20 heavy (non-hydrogen) atoms. The van der Waals surface area contributed by atoms with E-state index in [1.54, 1.807) is 18.3 Å². The minimum Gasteiger partial charge on any atom is -0.474 e. The molecule has 5 heteroatoms. The van der Waals surface area contributed by atoms with E-state index < -0.39 is 6.09 Å². The molecule has 0 spiro atoms. The smallest absolute Gasteiger partial charge is 0.419 e. The quantitative estimate of drug-likeness (QED) is 0.790. The number of nitrogens with zero attached hydrogens (tertiary/aromatic N) is 2. The molecule has 5 nitrogen and oxygen atoms in total. The minimum atomic E-state index is -0.461. The Morgan fingerprint density at radius 2 is 1.95 bits per heavy atom. The molecular formula is C15H18N2O3. The summed E-state index contributed by atoms with van der Waals surface area (Å²) in [5.41, 5.74) is -0.348. The van der Waals surface area contributed by atoms with Crippen molar-refractivity contribution in [2.45, 2.75) is 26.4 Å². The van der Waals surface area contributed by atoms with E-state index in [0.29, 0.717) is 11.6 Å². The van der Waals surface area contributed by atoms with Gasteiger partial charge in [-0.25, -0.2) is 9.79 Å². The molecule has 106 valence electrons. The molecule has 1 aromatic rings. The Morgan fingerprint density at radius 3 is 2.60 bits per heavy atom. The van der Waals surface area contributed by atoms with Gasteiger partial charge in [0.25, 0.3) is 0 Å². The Balaban J connectivity index is 1.96. The Hall–Kier alpha value is -2.30. The third-order valence-electron chi connectivity index (χ3n) is 2.38. The van der Waals surface area contributed by atoms with Gasteiger partial charge in [0.05, 0.1) is 0 Å². The summed E-state index contributed by atoms with van der Waals surface area (Å²) in [7, 11) is 0. The first-order valence-corrected chi connectivity index (χ1v) is 6.40. The fourth-order valence-electron chi connectivity index (χ4n) is 1.62. The van der Waals surface area contributed by atoms with E-state index in [0.717, 1.165) is 0 Å². The summed E-state index contributed by atoms with van der Waals surface area (Å²) in [4.78, 5) is 17.6. The van der Waals surface area contributed by atoms with Crippen LogP contribution in [-0.4, -0.2) is 29.0 Å². The summed E-state index contributed by atoms with van der Waals surface area (Å²) in [6.07, 6.45) is 2.63. The second-order valence-corrected chi connectivity index (χ2v) is 5.34. The monoisotopic (exact) mass is 274 g/mol. The van der Waals surface area contributed by atoms with Gasteiger partial charge in [-0.05, 0) is 32.9 Å². The van der Waals surface area contributed by atoms with Gasteiger partial charge in [-0.3, -0.25) is 4.90 Å². The summed E-state index contributed by atoms with van der Waals surface area (Å²) in [5, 5.41) is 0. The zero-order valence-corrected chi connectivity index (χ0v) is 11.9. The Bertz CT molecular complexity index is 530. The number of hydrogen-bond donors (Lipinski definition) is 0. The standard InChI is InChI=1S/C15H18N2O3/c1-15(2,3)20-13-11-17(10-9-16-13)14(18)19-12-7-5-4-6-8-12/h4-10H,11H2,1-3H3. The summed E-state index contributed by atoms with van der Waals surface area (Å²) in [6.45, 7) is 6.06. The predicted octanol–water partition coefficient (Wildman–Crippen LogP) is 3.19. The average Bonchev–Trinajstić information content (AvgIpc) is 2.38. The fourth-order valence-corrected chi connectivity index (χ4v) is 1.62. The Morgan fingerprint density at radius 1 is 1.25 bits per heavy atom. The van der Waals surface area contributed by atoms with Crippen LogP contribution in [0.25, 0.3) is 0 Å². The first kappa shape index (κ1) is 14.1. The maximum atomic E-state index is 12.0. The molecule has 0 N–H and O–H groups in total. The molecule has 0 fully saturated rings. The fraction of sp³-hybridized carbons (Fsp3) is 0.333. The van der Waals surface area contributed by atoms with Crippen LogP contribution in [0.1, 0.15) is 20.8 Å². The highest BCUT2D eigenvalue weighted by Gasteiger charge is 2.22. The van der Waals surface area contributed by atoms with Gasteiger partial charge in [-0.1, -0.05) is 18.2 Å². The van der Waals surface area contributed by atoms with E-state index in [1.165, 1.54) is 11.1 Å². The molecule has 0 unspecified atom stereocenters. The van der Waals surface area contributed by atoms with Gasteiger partial charge in [0.2, 0.25) is 5.90 Å². The molecule has 1 heterocycles. The number of hydrogen-bond acceptors (Lipinski definition) is 4. The van der Waals surface area contributed by atoms with Crippen molar-refractivity contribution >= 4 is 12.0 Å². The van der Waals surface area contributed by atoms with Crippen molar-refractivity contribution in [1.82, 2.24) is 4.90 Å². The van der Waals surface area contributed by atoms with Gasteiger partial charge in [-0.15, -0.1) is 0 Å². The molecule has 0 aliphatic carbocycles. The van der Waals surface area contributed by atoms with Gasteiger partial charge in [0.15, 0.2) is 0 Å². The first-order chi connectivity index (χ1) is 9.44. The number of carbonyl (C=O) groups is 1. The van der Waals surface area contributed by atoms with Crippen molar-refractivity contribution < 1.29 is 14.3 Å². The number of amides is 1. The molecule has 0 atom stereocenters. The molecule has 1 aliphatic rings. The van der Waals surface area contributed by atoms with Gasteiger partial charge in [-0.2, -0.15) is 0 Å². The lowest BCUT2D eigenvalue weighted by molar-refractivity contribution is 0.106. The van der Waals surface area contributed by atoms with Crippen molar-refractivity contribution in [3.8, 4) is 5.75 Å². The zero-order valence-electron chi connectivity index (χ0n) is 11.9.